The highest BCUT2D eigenvalue weighted by atomic mass is 16.7. The molecule has 1 fully saturated rings. The van der Waals surface area contributed by atoms with Gasteiger partial charge in [-0.3, -0.25) is 4.79 Å². The minimum absolute atomic E-state index is 0.182. The molecule has 0 aromatic heterocycles. The third kappa shape index (κ3) is 1.86. The zero-order valence-corrected chi connectivity index (χ0v) is 11.1. The number of carboxylic acids is 1. The summed E-state index contributed by atoms with van der Waals surface area (Å²) in [5.74, 6) is 0.576. The monoisotopic (exact) mass is 262 g/mol. The van der Waals surface area contributed by atoms with Crippen LogP contribution in [0.15, 0.2) is 12.1 Å². The molecular weight excluding hydrogens is 244 g/mol. The highest BCUT2D eigenvalue weighted by Gasteiger charge is 2.44. The molecule has 3 rings (SSSR count). The highest BCUT2D eigenvalue weighted by molar-refractivity contribution is 5.83. The molecule has 0 amide bonds. The fourth-order valence-electron chi connectivity index (χ4n) is 3.26. The molecule has 2 aliphatic rings. The SMILES string of the molecule is Cc1cc2c(c(C3(C(=O)O)CCCCC3)c1)OCO2. The van der Waals surface area contributed by atoms with E-state index in [1.54, 1.807) is 0 Å². The van der Waals surface area contributed by atoms with Gasteiger partial charge in [-0.25, -0.2) is 0 Å². The van der Waals surface area contributed by atoms with Gasteiger partial charge in [0.25, 0.3) is 0 Å². The van der Waals surface area contributed by atoms with E-state index < -0.39 is 11.4 Å². The molecule has 1 aromatic carbocycles. The van der Waals surface area contributed by atoms with Crippen molar-refractivity contribution >= 4 is 5.97 Å². The first-order valence-corrected chi connectivity index (χ1v) is 6.78. The summed E-state index contributed by atoms with van der Waals surface area (Å²) in [6.07, 6.45) is 4.38. The molecule has 1 aliphatic carbocycles. The summed E-state index contributed by atoms with van der Waals surface area (Å²) in [7, 11) is 0. The van der Waals surface area contributed by atoms with Crippen LogP contribution in [0.2, 0.25) is 0 Å². The minimum atomic E-state index is -0.804. The van der Waals surface area contributed by atoms with Crippen LogP contribution >= 0.6 is 0 Å². The van der Waals surface area contributed by atoms with Gasteiger partial charge in [0, 0.05) is 5.56 Å². The molecule has 1 aliphatic heterocycles. The summed E-state index contributed by atoms with van der Waals surface area (Å²) >= 11 is 0. The molecule has 0 spiro atoms. The zero-order valence-electron chi connectivity index (χ0n) is 11.1. The molecule has 19 heavy (non-hydrogen) atoms. The first kappa shape index (κ1) is 12.3. The molecule has 0 atom stereocenters. The summed E-state index contributed by atoms with van der Waals surface area (Å²) in [6, 6.07) is 3.86. The number of benzene rings is 1. The lowest BCUT2D eigenvalue weighted by molar-refractivity contribution is -0.145. The van der Waals surface area contributed by atoms with E-state index in [1.807, 2.05) is 19.1 Å². The van der Waals surface area contributed by atoms with Gasteiger partial charge in [0.15, 0.2) is 11.5 Å². The molecule has 1 N–H and O–H groups in total. The molecule has 1 aromatic rings. The highest BCUT2D eigenvalue weighted by Crippen LogP contribution is 2.48. The Bertz CT molecular complexity index is 515. The van der Waals surface area contributed by atoms with Crippen molar-refractivity contribution in [2.75, 3.05) is 6.79 Å². The van der Waals surface area contributed by atoms with Crippen LogP contribution < -0.4 is 9.47 Å². The fraction of sp³-hybridized carbons (Fsp3) is 0.533. The summed E-state index contributed by atoms with van der Waals surface area (Å²) in [6.45, 7) is 2.14. The van der Waals surface area contributed by atoms with E-state index in [2.05, 4.69) is 0 Å². The molecule has 0 bridgehead atoms. The second-order valence-electron chi connectivity index (χ2n) is 5.49. The lowest BCUT2D eigenvalue weighted by atomic mass is 9.69. The van der Waals surface area contributed by atoms with Crippen LogP contribution in [0, 0.1) is 6.92 Å². The topological polar surface area (TPSA) is 55.8 Å². The van der Waals surface area contributed by atoms with Crippen molar-refractivity contribution in [1.82, 2.24) is 0 Å². The van der Waals surface area contributed by atoms with Gasteiger partial charge < -0.3 is 14.6 Å². The maximum atomic E-state index is 11.9. The number of fused-ring (bicyclic) bond motifs is 1. The first-order chi connectivity index (χ1) is 9.13. The van der Waals surface area contributed by atoms with E-state index in [9.17, 15) is 9.90 Å². The largest absolute Gasteiger partial charge is 0.481 e. The number of aryl methyl sites for hydroxylation is 1. The Morgan fingerprint density at radius 1 is 1.21 bits per heavy atom. The Morgan fingerprint density at radius 3 is 2.63 bits per heavy atom. The van der Waals surface area contributed by atoms with Crippen LogP contribution in [-0.4, -0.2) is 17.9 Å². The quantitative estimate of drug-likeness (QED) is 0.890. The normalized spacial score (nSPS) is 20.3. The summed E-state index contributed by atoms with van der Waals surface area (Å²) in [5, 5.41) is 9.77. The molecule has 1 heterocycles. The minimum Gasteiger partial charge on any atom is -0.481 e. The lowest BCUT2D eigenvalue weighted by Crippen LogP contribution is -2.38. The van der Waals surface area contributed by atoms with Gasteiger partial charge in [0.1, 0.15) is 0 Å². The van der Waals surface area contributed by atoms with Crippen molar-refractivity contribution < 1.29 is 19.4 Å². The second-order valence-corrected chi connectivity index (χ2v) is 5.49. The number of carbonyl (C=O) groups is 1. The van der Waals surface area contributed by atoms with Crippen LogP contribution in [0.5, 0.6) is 11.5 Å². The number of rotatable bonds is 2. The van der Waals surface area contributed by atoms with E-state index in [-0.39, 0.29) is 6.79 Å². The van der Waals surface area contributed by atoms with Crippen molar-refractivity contribution in [3.63, 3.8) is 0 Å². The van der Waals surface area contributed by atoms with Crippen molar-refractivity contribution in [3.05, 3.63) is 23.3 Å². The third-order valence-corrected chi connectivity index (χ3v) is 4.25. The van der Waals surface area contributed by atoms with Gasteiger partial charge in [-0.2, -0.15) is 0 Å². The molecule has 0 unspecified atom stereocenters. The van der Waals surface area contributed by atoms with Crippen molar-refractivity contribution in [2.24, 2.45) is 0 Å². The molecular formula is C15H18O4. The molecule has 4 heteroatoms. The average Bonchev–Trinajstić information content (AvgIpc) is 2.86. The summed E-state index contributed by atoms with van der Waals surface area (Å²) < 4.78 is 10.9. The Morgan fingerprint density at radius 2 is 1.95 bits per heavy atom. The molecule has 0 radical (unpaired) electrons. The standard InChI is InChI=1S/C15H18O4/c1-10-7-11(13-12(8-10)18-9-19-13)15(14(16)17)5-3-2-4-6-15/h7-8H,2-6,9H2,1H3,(H,16,17). The van der Waals surface area contributed by atoms with Gasteiger partial charge in [-0.05, 0) is 31.4 Å². The Labute approximate surface area is 112 Å². The van der Waals surface area contributed by atoms with E-state index in [0.29, 0.717) is 24.3 Å². The van der Waals surface area contributed by atoms with E-state index in [4.69, 9.17) is 9.47 Å². The summed E-state index contributed by atoms with van der Waals surface area (Å²) in [4.78, 5) is 11.9. The Hall–Kier alpha value is -1.71. The predicted molar refractivity (Wildman–Crippen MR) is 69.7 cm³/mol. The molecule has 4 nitrogen and oxygen atoms in total. The first-order valence-electron chi connectivity index (χ1n) is 6.78. The second kappa shape index (κ2) is 4.44. The van der Waals surface area contributed by atoms with Crippen LogP contribution in [0.3, 0.4) is 0 Å². The number of hydrogen-bond donors (Lipinski definition) is 1. The van der Waals surface area contributed by atoms with E-state index in [1.165, 1.54) is 0 Å². The molecule has 1 saturated carbocycles. The number of aliphatic carboxylic acids is 1. The van der Waals surface area contributed by atoms with Crippen molar-refractivity contribution in [3.8, 4) is 11.5 Å². The van der Waals surface area contributed by atoms with Crippen LogP contribution in [0.4, 0.5) is 0 Å². The van der Waals surface area contributed by atoms with Gasteiger partial charge >= 0.3 is 5.97 Å². The van der Waals surface area contributed by atoms with E-state index >= 15 is 0 Å². The fourth-order valence-corrected chi connectivity index (χ4v) is 3.26. The smallest absolute Gasteiger partial charge is 0.314 e. The van der Waals surface area contributed by atoms with Gasteiger partial charge in [-0.1, -0.05) is 25.3 Å². The molecule has 102 valence electrons. The van der Waals surface area contributed by atoms with Crippen molar-refractivity contribution in [1.29, 1.82) is 0 Å². The maximum Gasteiger partial charge on any atom is 0.314 e. The Kier molecular flexibility index (Phi) is 2.88. The zero-order chi connectivity index (χ0) is 13.5. The van der Waals surface area contributed by atoms with Gasteiger partial charge in [-0.15, -0.1) is 0 Å². The van der Waals surface area contributed by atoms with E-state index in [0.717, 1.165) is 30.4 Å². The molecule has 0 saturated heterocycles. The number of hydrogen-bond acceptors (Lipinski definition) is 3. The van der Waals surface area contributed by atoms with Crippen molar-refractivity contribution in [2.45, 2.75) is 44.4 Å². The van der Waals surface area contributed by atoms with Crippen LogP contribution in [0.1, 0.15) is 43.2 Å². The lowest BCUT2D eigenvalue weighted by Gasteiger charge is -2.34. The third-order valence-electron chi connectivity index (χ3n) is 4.25. The van der Waals surface area contributed by atoms with Gasteiger partial charge in [0.2, 0.25) is 6.79 Å². The summed E-state index contributed by atoms with van der Waals surface area (Å²) in [5.41, 5.74) is 1.01. The number of carboxylic acid groups (broad SMARTS) is 1. The maximum absolute atomic E-state index is 11.9. The van der Waals surface area contributed by atoms with Crippen LogP contribution in [-0.2, 0) is 10.2 Å². The predicted octanol–water partition coefficient (Wildman–Crippen LogP) is 3.01. The average molecular weight is 262 g/mol. The van der Waals surface area contributed by atoms with Crippen LogP contribution in [0.25, 0.3) is 0 Å². The van der Waals surface area contributed by atoms with Gasteiger partial charge in [0.05, 0.1) is 5.41 Å². The number of ether oxygens (including phenoxy) is 2. The Balaban J connectivity index is 2.16.